The van der Waals surface area contributed by atoms with Crippen molar-refractivity contribution in [3.8, 4) is 12.1 Å². The second-order valence-corrected chi connectivity index (χ2v) is 8.26. The summed E-state index contributed by atoms with van der Waals surface area (Å²) < 4.78 is 26.5. The quantitative estimate of drug-likeness (QED) is 0.673. The zero-order chi connectivity index (χ0) is 21.0. The lowest BCUT2D eigenvalue weighted by molar-refractivity contribution is -0.117. The molecule has 0 unspecified atom stereocenters. The molecule has 0 radical (unpaired) electrons. The van der Waals surface area contributed by atoms with E-state index >= 15 is 0 Å². The van der Waals surface area contributed by atoms with Crippen LogP contribution in [0.5, 0.6) is 0 Å². The molecule has 1 heterocycles. The van der Waals surface area contributed by atoms with Crippen molar-refractivity contribution < 1.29 is 13.6 Å². The smallest absolute Gasteiger partial charge is 0.245 e. The average molecular weight is 415 g/mol. The second-order valence-electron chi connectivity index (χ2n) is 7.25. The number of hydrogen-bond acceptors (Lipinski definition) is 6. The van der Waals surface area contributed by atoms with Gasteiger partial charge in [0, 0.05) is 12.3 Å². The lowest BCUT2D eigenvalue weighted by Crippen LogP contribution is -2.22. The summed E-state index contributed by atoms with van der Waals surface area (Å²) in [4.78, 5) is 12.9. The zero-order valence-corrected chi connectivity index (χ0v) is 16.6. The van der Waals surface area contributed by atoms with E-state index in [4.69, 9.17) is 5.26 Å². The summed E-state index contributed by atoms with van der Waals surface area (Å²) in [6.07, 6.45) is 2.10. The zero-order valence-electron chi connectivity index (χ0n) is 15.8. The standard InChI is InChI=1S/C20H19F2N5OS/c1-20(21,22)8-2-3-16(13-6-7-14(10-23)15(9-13)11-24)17(28)25-19-27-26-18(29-19)12-4-5-12/h6-7,9,12,16H,2-5,8H2,1H3,(H,25,27,28)/t16-/m0/s1. The Labute approximate surface area is 171 Å². The van der Waals surface area contributed by atoms with Gasteiger partial charge in [-0.25, -0.2) is 8.78 Å². The van der Waals surface area contributed by atoms with Crippen molar-refractivity contribution in [3.05, 3.63) is 39.9 Å². The van der Waals surface area contributed by atoms with Crippen molar-refractivity contribution in [2.24, 2.45) is 0 Å². The molecule has 2 aromatic rings. The molecule has 1 N–H and O–H groups in total. The number of hydrogen-bond donors (Lipinski definition) is 1. The van der Waals surface area contributed by atoms with Gasteiger partial charge in [0.05, 0.1) is 17.0 Å². The normalized spacial score (nSPS) is 14.7. The van der Waals surface area contributed by atoms with Gasteiger partial charge in [-0.2, -0.15) is 10.5 Å². The number of halogens is 2. The first-order valence-corrected chi connectivity index (χ1v) is 10.1. The van der Waals surface area contributed by atoms with E-state index in [9.17, 15) is 18.8 Å². The van der Waals surface area contributed by atoms with E-state index in [0.29, 0.717) is 16.6 Å². The van der Waals surface area contributed by atoms with E-state index in [2.05, 4.69) is 15.5 Å². The fourth-order valence-electron chi connectivity index (χ4n) is 3.01. The number of anilines is 1. The largest absolute Gasteiger partial charge is 0.300 e. The third kappa shape index (κ3) is 5.55. The molecule has 1 aliphatic carbocycles. The molecule has 1 saturated carbocycles. The Balaban J connectivity index is 1.80. The molecule has 3 rings (SSSR count). The van der Waals surface area contributed by atoms with Crippen LogP contribution in [0.25, 0.3) is 0 Å². The Morgan fingerprint density at radius 1 is 1.31 bits per heavy atom. The van der Waals surface area contributed by atoms with Crippen LogP contribution < -0.4 is 5.32 Å². The number of carbonyl (C=O) groups is 1. The van der Waals surface area contributed by atoms with Crippen LogP contribution in [0.3, 0.4) is 0 Å². The van der Waals surface area contributed by atoms with E-state index < -0.39 is 17.7 Å². The third-order valence-corrected chi connectivity index (χ3v) is 5.71. The van der Waals surface area contributed by atoms with Crippen molar-refractivity contribution in [2.75, 3.05) is 5.32 Å². The lowest BCUT2D eigenvalue weighted by atomic mass is 9.90. The van der Waals surface area contributed by atoms with Gasteiger partial charge in [-0.3, -0.25) is 10.1 Å². The van der Waals surface area contributed by atoms with Crippen molar-refractivity contribution in [1.29, 1.82) is 10.5 Å². The van der Waals surface area contributed by atoms with Crippen LogP contribution in [0.4, 0.5) is 13.9 Å². The topological polar surface area (TPSA) is 102 Å². The minimum atomic E-state index is -2.82. The lowest BCUT2D eigenvalue weighted by Gasteiger charge is -2.18. The molecule has 6 nitrogen and oxygen atoms in total. The van der Waals surface area contributed by atoms with Gasteiger partial charge in [-0.15, -0.1) is 10.2 Å². The summed E-state index contributed by atoms with van der Waals surface area (Å²) in [7, 11) is 0. The van der Waals surface area contributed by atoms with E-state index in [1.807, 2.05) is 12.1 Å². The number of aromatic nitrogens is 2. The fourth-order valence-corrected chi connectivity index (χ4v) is 3.92. The van der Waals surface area contributed by atoms with Gasteiger partial charge < -0.3 is 0 Å². The molecule has 1 atom stereocenters. The Kier molecular flexibility index (Phi) is 6.19. The monoisotopic (exact) mass is 415 g/mol. The van der Waals surface area contributed by atoms with Gasteiger partial charge in [-0.1, -0.05) is 17.4 Å². The molecule has 9 heteroatoms. The average Bonchev–Trinajstić information content (AvgIpc) is 3.43. The van der Waals surface area contributed by atoms with Crippen LogP contribution in [0, 0.1) is 22.7 Å². The molecule has 1 aliphatic rings. The first kappa shape index (κ1) is 20.8. The van der Waals surface area contributed by atoms with Crippen LogP contribution in [0.2, 0.25) is 0 Å². The maximum absolute atomic E-state index is 13.2. The number of nitrogens with one attached hydrogen (secondary N) is 1. The summed E-state index contributed by atoms with van der Waals surface area (Å²) >= 11 is 1.32. The Bertz CT molecular complexity index is 982. The van der Waals surface area contributed by atoms with Gasteiger partial charge >= 0.3 is 0 Å². The van der Waals surface area contributed by atoms with Gasteiger partial charge in [-0.05, 0) is 50.3 Å². The number of nitriles is 2. The SMILES string of the molecule is CC(F)(F)CCC[C@H](C(=O)Nc1nnc(C2CC2)s1)c1ccc(C#N)c(C#N)c1. The summed E-state index contributed by atoms with van der Waals surface area (Å²) in [5.41, 5.74) is 0.855. The van der Waals surface area contributed by atoms with Gasteiger partial charge in [0.15, 0.2) is 0 Å². The number of rotatable bonds is 8. The summed E-state index contributed by atoms with van der Waals surface area (Å²) in [5, 5.41) is 30.4. The molecular formula is C20H19F2N5OS. The fraction of sp³-hybridized carbons (Fsp3) is 0.450. The van der Waals surface area contributed by atoms with Crippen LogP contribution in [0.1, 0.15) is 72.6 Å². The second kappa shape index (κ2) is 8.62. The Morgan fingerprint density at radius 2 is 2.03 bits per heavy atom. The first-order chi connectivity index (χ1) is 13.8. The highest BCUT2D eigenvalue weighted by molar-refractivity contribution is 7.15. The number of benzene rings is 1. The van der Waals surface area contributed by atoms with Crippen molar-refractivity contribution >= 4 is 22.4 Å². The molecule has 0 saturated heterocycles. The number of carbonyl (C=O) groups excluding carboxylic acids is 1. The highest BCUT2D eigenvalue weighted by Crippen LogP contribution is 2.42. The van der Waals surface area contributed by atoms with E-state index in [-0.39, 0.29) is 30.4 Å². The number of nitrogens with zero attached hydrogens (tertiary/aromatic N) is 4. The van der Waals surface area contributed by atoms with Gasteiger partial charge in [0.2, 0.25) is 17.0 Å². The maximum Gasteiger partial charge on any atom is 0.245 e. The van der Waals surface area contributed by atoms with Gasteiger partial charge in [0.1, 0.15) is 17.1 Å². The Hall–Kier alpha value is -2.91. The molecule has 1 aromatic heterocycles. The van der Waals surface area contributed by atoms with Crippen LogP contribution in [-0.2, 0) is 4.79 Å². The third-order valence-electron chi connectivity index (χ3n) is 4.71. The van der Waals surface area contributed by atoms with Crippen LogP contribution in [-0.4, -0.2) is 22.0 Å². The molecule has 1 fully saturated rings. The summed E-state index contributed by atoms with van der Waals surface area (Å²) in [6, 6.07) is 8.40. The minimum Gasteiger partial charge on any atom is -0.300 e. The molecule has 0 aliphatic heterocycles. The number of amides is 1. The molecule has 29 heavy (non-hydrogen) atoms. The molecule has 0 bridgehead atoms. The minimum absolute atomic E-state index is 0.132. The molecule has 0 spiro atoms. The van der Waals surface area contributed by atoms with Crippen molar-refractivity contribution in [3.63, 3.8) is 0 Å². The summed E-state index contributed by atoms with van der Waals surface area (Å²) in [6.45, 7) is 0.845. The predicted molar refractivity (Wildman–Crippen MR) is 104 cm³/mol. The predicted octanol–water partition coefficient (Wildman–Crippen LogP) is 4.71. The maximum atomic E-state index is 13.2. The van der Waals surface area contributed by atoms with E-state index in [1.165, 1.54) is 23.5 Å². The molecule has 1 amide bonds. The molecule has 150 valence electrons. The van der Waals surface area contributed by atoms with Crippen molar-refractivity contribution in [2.45, 2.75) is 56.8 Å². The molecular weight excluding hydrogens is 396 g/mol. The summed E-state index contributed by atoms with van der Waals surface area (Å²) in [5.74, 6) is -3.54. The van der Waals surface area contributed by atoms with Crippen LogP contribution >= 0.6 is 11.3 Å². The van der Waals surface area contributed by atoms with E-state index in [0.717, 1.165) is 24.8 Å². The number of alkyl halides is 2. The van der Waals surface area contributed by atoms with Crippen LogP contribution in [0.15, 0.2) is 18.2 Å². The Morgan fingerprint density at radius 3 is 2.66 bits per heavy atom. The van der Waals surface area contributed by atoms with Gasteiger partial charge in [0.25, 0.3) is 0 Å². The first-order valence-electron chi connectivity index (χ1n) is 9.27. The highest BCUT2D eigenvalue weighted by Gasteiger charge is 2.29. The van der Waals surface area contributed by atoms with Crippen molar-refractivity contribution in [1.82, 2.24) is 10.2 Å². The molecule has 1 aromatic carbocycles. The van der Waals surface area contributed by atoms with E-state index in [1.54, 1.807) is 6.07 Å². The highest BCUT2D eigenvalue weighted by atomic mass is 32.1.